The first-order valence-electron chi connectivity index (χ1n) is 6.25. The zero-order chi connectivity index (χ0) is 13.7. The number of hydrogen-bond donors (Lipinski definition) is 2. The number of rotatable bonds is 5. The van der Waals surface area contributed by atoms with E-state index < -0.39 is 0 Å². The van der Waals surface area contributed by atoms with Gasteiger partial charge in [-0.05, 0) is 38.1 Å². The molecule has 0 fully saturated rings. The smallest absolute Gasteiger partial charge is 0.251 e. The molecular weight excluding hydrogens is 258 g/mol. The van der Waals surface area contributed by atoms with Gasteiger partial charge in [0, 0.05) is 29.4 Å². The van der Waals surface area contributed by atoms with E-state index >= 15 is 0 Å². The third-order valence-electron chi connectivity index (χ3n) is 2.69. The van der Waals surface area contributed by atoms with Crippen molar-refractivity contribution in [1.82, 2.24) is 10.3 Å². The monoisotopic (exact) mass is 275 g/mol. The van der Waals surface area contributed by atoms with E-state index in [9.17, 15) is 4.79 Å². The van der Waals surface area contributed by atoms with Crippen molar-refractivity contribution in [1.29, 1.82) is 0 Å². The zero-order valence-electron chi connectivity index (χ0n) is 11.0. The van der Waals surface area contributed by atoms with Crippen LogP contribution in [0.3, 0.4) is 0 Å². The summed E-state index contributed by atoms with van der Waals surface area (Å²) in [7, 11) is 0. The molecule has 0 radical (unpaired) electrons. The van der Waals surface area contributed by atoms with Crippen molar-refractivity contribution in [3.05, 3.63) is 46.4 Å². The van der Waals surface area contributed by atoms with Crippen LogP contribution in [-0.4, -0.2) is 17.4 Å². The second-order valence-electron chi connectivity index (χ2n) is 4.17. The van der Waals surface area contributed by atoms with Crippen molar-refractivity contribution in [2.24, 2.45) is 0 Å². The third-order valence-corrected chi connectivity index (χ3v) is 3.65. The van der Waals surface area contributed by atoms with Crippen LogP contribution in [-0.2, 0) is 0 Å². The van der Waals surface area contributed by atoms with Crippen molar-refractivity contribution < 1.29 is 4.79 Å². The van der Waals surface area contributed by atoms with Gasteiger partial charge in [0.15, 0.2) is 0 Å². The average molecular weight is 275 g/mol. The van der Waals surface area contributed by atoms with Gasteiger partial charge in [0.1, 0.15) is 5.01 Å². The largest absolute Gasteiger partial charge is 0.376 e. The highest BCUT2D eigenvalue weighted by atomic mass is 32.1. The van der Waals surface area contributed by atoms with Gasteiger partial charge in [-0.1, -0.05) is 0 Å². The number of nitrogens with one attached hydrogen (secondary N) is 2. The lowest BCUT2D eigenvalue weighted by molar-refractivity contribution is 0.0956. The van der Waals surface area contributed by atoms with E-state index in [2.05, 4.69) is 22.5 Å². The molecule has 1 aromatic carbocycles. The summed E-state index contributed by atoms with van der Waals surface area (Å²) in [6.07, 6.45) is 1.80. The first-order valence-corrected chi connectivity index (χ1v) is 7.13. The summed E-state index contributed by atoms with van der Waals surface area (Å²) < 4.78 is 0. The summed E-state index contributed by atoms with van der Waals surface area (Å²) in [6.45, 7) is 4.61. The molecule has 1 atom stereocenters. The number of nitrogens with zero attached hydrogens (tertiary/aromatic N) is 1. The van der Waals surface area contributed by atoms with Gasteiger partial charge in [0.05, 0.1) is 6.04 Å². The lowest BCUT2D eigenvalue weighted by atomic mass is 10.2. The van der Waals surface area contributed by atoms with E-state index in [1.165, 1.54) is 0 Å². The molecule has 0 aliphatic heterocycles. The summed E-state index contributed by atoms with van der Waals surface area (Å²) in [5.74, 6) is -0.0398. The minimum atomic E-state index is -0.0398. The first kappa shape index (κ1) is 13.5. The van der Waals surface area contributed by atoms with Crippen molar-refractivity contribution in [3.8, 4) is 0 Å². The summed E-state index contributed by atoms with van der Waals surface area (Å²) in [4.78, 5) is 15.9. The Kier molecular flexibility index (Phi) is 4.52. The second-order valence-corrected chi connectivity index (χ2v) is 5.10. The molecule has 1 amide bonds. The van der Waals surface area contributed by atoms with Gasteiger partial charge in [-0.15, -0.1) is 11.3 Å². The molecular formula is C14H17N3OS. The van der Waals surface area contributed by atoms with Gasteiger partial charge in [-0.2, -0.15) is 0 Å². The maximum atomic E-state index is 11.6. The van der Waals surface area contributed by atoms with Crippen molar-refractivity contribution in [2.75, 3.05) is 11.9 Å². The molecule has 19 heavy (non-hydrogen) atoms. The first-order chi connectivity index (χ1) is 9.20. The lowest BCUT2D eigenvalue weighted by Gasteiger charge is -2.13. The summed E-state index contributed by atoms with van der Waals surface area (Å²) in [5.41, 5.74) is 1.66. The molecule has 0 saturated carbocycles. The zero-order valence-corrected chi connectivity index (χ0v) is 11.8. The van der Waals surface area contributed by atoms with Crippen LogP contribution in [0.5, 0.6) is 0 Å². The van der Waals surface area contributed by atoms with Crippen LogP contribution in [0.4, 0.5) is 5.69 Å². The van der Waals surface area contributed by atoms with Crippen LogP contribution in [0, 0.1) is 0 Å². The molecule has 0 aliphatic rings. The van der Waals surface area contributed by atoms with Crippen molar-refractivity contribution in [3.63, 3.8) is 0 Å². The average Bonchev–Trinajstić information content (AvgIpc) is 2.94. The molecule has 2 N–H and O–H groups in total. The molecule has 0 spiro atoms. The fraction of sp³-hybridized carbons (Fsp3) is 0.286. The van der Waals surface area contributed by atoms with E-state index in [0.717, 1.165) is 10.7 Å². The van der Waals surface area contributed by atoms with Gasteiger partial charge < -0.3 is 10.6 Å². The van der Waals surface area contributed by atoms with E-state index in [1.54, 1.807) is 17.5 Å². The Balaban J connectivity index is 2.01. The number of benzene rings is 1. The van der Waals surface area contributed by atoms with Gasteiger partial charge >= 0.3 is 0 Å². The predicted octanol–water partition coefficient (Wildman–Crippen LogP) is 3.07. The number of amides is 1. The van der Waals surface area contributed by atoms with E-state index in [-0.39, 0.29) is 11.9 Å². The number of hydrogen-bond acceptors (Lipinski definition) is 4. The summed E-state index contributed by atoms with van der Waals surface area (Å²) in [6, 6.07) is 7.63. The Morgan fingerprint density at radius 1 is 1.37 bits per heavy atom. The molecule has 0 bridgehead atoms. The minimum Gasteiger partial charge on any atom is -0.376 e. The molecule has 0 saturated heterocycles. The van der Waals surface area contributed by atoms with Crippen molar-refractivity contribution >= 4 is 22.9 Å². The molecule has 0 aliphatic carbocycles. The SMILES string of the molecule is CCNC(=O)c1ccc(NC(C)c2nccs2)cc1. The van der Waals surface area contributed by atoms with E-state index in [0.29, 0.717) is 12.1 Å². The maximum absolute atomic E-state index is 11.6. The van der Waals surface area contributed by atoms with Crippen LogP contribution in [0.15, 0.2) is 35.8 Å². The molecule has 4 nitrogen and oxygen atoms in total. The molecule has 2 rings (SSSR count). The van der Waals surface area contributed by atoms with Crippen LogP contribution >= 0.6 is 11.3 Å². The van der Waals surface area contributed by atoms with Gasteiger partial charge in [0.25, 0.3) is 5.91 Å². The Morgan fingerprint density at radius 3 is 2.68 bits per heavy atom. The quantitative estimate of drug-likeness (QED) is 0.881. The molecule has 1 aromatic heterocycles. The van der Waals surface area contributed by atoms with Gasteiger partial charge in [0.2, 0.25) is 0 Å². The van der Waals surface area contributed by atoms with E-state index in [4.69, 9.17) is 0 Å². The molecule has 100 valence electrons. The Morgan fingerprint density at radius 2 is 2.11 bits per heavy atom. The summed E-state index contributed by atoms with van der Waals surface area (Å²) in [5, 5.41) is 9.15. The number of anilines is 1. The third kappa shape index (κ3) is 3.54. The van der Waals surface area contributed by atoms with Gasteiger partial charge in [-0.25, -0.2) is 4.98 Å². The van der Waals surface area contributed by atoms with Crippen LogP contribution < -0.4 is 10.6 Å². The Bertz CT molecular complexity index is 522. The predicted molar refractivity (Wildman–Crippen MR) is 78.6 cm³/mol. The number of aromatic nitrogens is 1. The highest BCUT2D eigenvalue weighted by Gasteiger charge is 2.08. The highest BCUT2D eigenvalue weighted by Crippen LogP contribution is 2.21. The standard InChI is InChI=1S/C14H17N3OS/c1-3-15-13(18)11-4-6-12(7-5-11)17-10(2)14-16-8-9-19-14/h4-10,17H,3H2,1-2H3,(H,15,18). The van der Waals surface area contributed by atoms with Crippen LogP contribution in [0.1, 0.15) is 35.3 Å². The molecule has 2 aromatic rings. The lowest BCUT2D eigenvalue weighted by Crippen LogP contribution is -2.22. The fourth-order valence-electron chi connectivity index (χ4n) is 1.74. The molecule has 5 heteroatoms. The highest BCUT2D eigenvalue weighted by molar-refractivity contribution is 7.09. The minimum absolute atomic E-state index is 0.0398. The second kappa shape index (κ2) is 6.33. The Hall–Kier alpha value is -1.88. The van der Waals surface area contributed by atoms with Gasteiger partial charge in [-0.3, -0.25) is 4.79 Å². The maximum Gasteiger partial charge on any atom is 0.251 e. The normalized spacial score (nSPS) is 11.9. The summed E-state index contributed by atoms with van der Waals surface area (Å²) >= 11 is 1.63. The number of carbonyl (C=O) groups excluding carboxylic acids is 1. The Labute approximate surface area is 116 Å². The number of carbonyl (C=O) groups is 1. The fourth-order valence-corrected chi connectivity index (χ4v) is 2.39. The van der Waals surface area contributed by atoms with Crippen molar-refractivity contribution in [2.45, 2.75) is 19.9 Å². The van der Waals surface area contributed by atoms with Crippen LogP contribution in [0.2, 0.25) is 0 Å². The van der Waals surface area contributed by atoms with Crippen LogP contribution in [0.25, 0.3) is 0 Å². The molecule has 1 heterocycles. The topological polar surface area (TPSA) is 54.0 Å². The molecule has 1 unspecified atom stereocenters. The van der Waals surface area contributed by atoms with E-state index in [1.807, 2.05) is 36.6 Å². The number of thiazole rings is 1.